The maximum Gasteiger partial charge on any atom is 0.107 e. The number of rotatable bonds is 4. The van der Waals surface area contributed by atoms with Gasteiger partial charge in [-0.15, -0.1) is 0 Å². The van der Waals surface area contributed by atoms with Crippen molar-refractivity contribution >= 4 is 13.3 Å². The van der Waals surface area contributed by atoms with E-state index < -0.39 is 26.9 Å². The van der Waals surface area contributed by atoms with Crippen LogP contribution < -0.4 is 5.19 Å². The molecular weight excluding hydrogens is 220 g/mol. The molecule has 0 aliphatic carbocycles. The van der Waals surface area contributed by atoms with E-state index in [1.54, 1.807) is 0 Å². The number of aliphatic hydroxyl groups excluding tert-OH is 3. The van der Waals surface area contributed by atoms with Gasteiger partial charge >= 0.3 is 0 Å². The van der Waals surface area contributed by atoms with E-state index in [-0.39, 0.29) is 0 Å². The lowest BCUT2D eigenvalue weighted by Gasteiger charge is -2.19. The van der Waals surface area contributed by atoms with Crippen molar-refractivity contribution in [2.45, 2.75) is 31.8 Å². The quantitative estimate of drug-likeness (QED) is 0.676. The normalized spacial score (nSPS) is 15.9. The zero-order valence-corrected chi connectivity index (χ0v) is 11.0. The zero-order chi connectivity index (χ0) is 12.3. The van der Waals surface area contributed by atoms with Gasteiger partial charge in [-0.1, -0.05) is 49.1 Å². The molecule has 0 radical (unpaired) electrons. The van der Waals surface area contributed by atoms with Crippen LogP contribution in [0.2, 0.25) is 19.6 Å². The topological polar surface area (TPSA) is 60.7 Å². The van der Waals surface area contributed by atoms with Crippen molar-refractivity contribution in [1.82, 2.24) is 0 Å². The minimum atomic E-state index is -1.32. The Kier molecular flexibility index (Phi) is 4.26. The summed E-state index contributed by atoms with van der Waals surface area (Å²) in [4.78, 5) is 0. The lowest BCUT2D eigenvalue weighted by molar-refractivity contribution is -0.0152. The first-order valence-electron chi connectivity index (χ1n) is 5.43. The van der Waals surface area contributed by atoms with Crippen molar-refractivity contribution in [3.63, 3.8) is 0 Å². The molecule has 0 saturated carbocycles. The van der Waals surface area contributed by atoms with Gasteiger partial charge in [-0.25, -0.2) is 0 Å². The van der Waals surface area contributed by atoms with E-state index in [1.807, 2.05) is 24.3 Å². The minimum absolute atomic E-state index is 0.434. The van der Waals surface area contributed by atoms with Crippen LogP contribution in [0.1, 0.15) is 11.7 Å². The van der Waals surface area contributed by atoms with Crippen LogP contribution in [0.25, 0.3) is 0 Å². The van der Waals surface area contributed by atoms with Gasteiger partial charge in [0, 0.05) is 0 Å². The molecule has 16 heavy (non-hydrogen) atoms. The van der Waals surface area contributed by atoms with Crippen LogP contribution >= 0.6 is 0 Å². The van der Waals surface area contributed by atoms with Crippen LogP contribution in [0.15, 0.2) is 24.3 Å². The predicted molar refractivity (Wildman–Crippen MR) is 67.5 cm³/mol. The first-order chi connectivity index (χ1) is 7.36. The van der Waals surface area contributed by atoms with Gasteiger partial charge in [0.1, 0.15) is 12.2 Å². The fourth-order valence-corrected chi connectivity index (χ4v) is 2.67. The molecule has 3 N–H and O–H groups in total. The first-order valence-corrected chi connectivity index (χ1v) is 8.93. The maximum absolute atomic E-state index is 9.68. The molecule has 2 unspecified atom stereocenters. The lowest BCUT2D eigenvalue weighted by atomic mass is 10.1. The molecule has 0 aromatic heterocycles. The summed E-state index contributed by atoms with van der Waals surface area (Å²) in [6.45, 7) is 6.32. The van der Waals surface area contributed by atoms with Crippen molar-refractivity contribution in [1.29, 1.82) is 0 Å². The zero-order valence-electron chi connectivity index (χ0n) is 10.0. The highest BCUT2D eigenvalue weighted by Crippen LogP contribution is 2.16. The molecule has 0 aliphatic heterocycles. The molecule has 0 bridgehead atoms. The van der Waals surface area contributed by atoms with Crippen LogP contribution in [0.4, 0.5) is 0 Å². The van der Waals surface area contributed by atoms with Crippen LogP contribution in [0.3, 0.4) is 0 Å². The maximum atomic E-state index is 9.68. The Morgan fingerprint density at radius 1 is 1.06 bits per heavy atom. The Morgan fingerprint density at radius 3 is 1.94 bits per heavy atom. The molecule has 1 aromatic carbocycles. The van der Waals surface area contributed by atoms with Gasteiger partial charge in [0.05, 0.1) is 14.7 Å². The second-order valence-corrected chi connectivity index (χ2v) is 10.1. The Bertz CT molecular complexity index is 329. The van der Waals surface area contributed by atoms with Crippen molar-refractivity contribution in [2.75, 3.05) is 6.61 Å². The third-order valence-corrected chi connectivity index (χ3v) is 4.74. The molecule has 1 aromatic rings. The molecule has 0 amide bonds. The van der Waals surface area contributed by atoms with Crippen LogP contribution in [0, 0.1) is 0 Å². The Morgan fingerprint density at radius 2 is 1.56 bits per heavy atom. The number of benzene rings is 1. The van der Waals surface area contributed by atoms with Crippen molar-refractivity contribution in [3.05, 3.63) is 29.8 Å². The minimum Gasteiger partial charge on any atom is -0.394 e. The third kappa shape index (κ3) is 3.15. The van der Waals surface area contributed by atoms with Gasteiger partial charge in [-0.3, -0.25) is 0 Å². The summed E-state index contributed by atoms with van der Waals surface area (Å²) in [5.74, 6) is 0. The van der Waals surface area contributed by atoms with E-state index in [9.17, 15) is 10.2 Å². The predicted octanol–water partition coefficient (Wildman–Crippen LogP) is 0.618. The molecule has 3 nitrogen and oxygen atoms in total. The van der Waals surface area contributed by atoms with Gasteiger partial charge in [0.2, 0.25) is 0 Å². The monoisotopic (exact) mass is 240 g/mol. The second kappa shape index (κ2) is 5.10. The van der Waals surface area contributed by atoms with Crippen LogP contribution in [0.5, 0.6) is 0 Å². The summed E-state index contributed by atoms with van der Waals surface area (Å²) in [7, 11) is -1.32. The molecule has 0 heterocycles. The van der Waals surface area contributed by atoms with Gasteiger partial charge in [0.15, 0.2) is 0 Å². The fourth-order valence-electron chi connectivity index (χ4n) is 1.50. The van der Waals surface area contributed by atoms with E-state index in [2.05, 4.69) is 19.6 Å². The average Bonchev–Trinajstić information content (AvgIpc) is 2.26. The van der Waals surface area contributed by atoms with E-state index in [0.29, 0.717) is 5.56 Å². The van der Waals surface area contributed by atoms with Gasteiger partial charge in [-0.05, 0) is 5.56 Å². The summed E-state index contributed by atoms with van der Waals surface area (Å²) >= 11 is 0. The summed E-state index contributed by atoms with van der Waals surface area (Å²) in [5, 5.41) is 29.1. The highest BCUT2D eigenvalue weighted by atomic mass is 28.3. The van der Waals surface area contributed by atoms with Crippen molar-refractivity contribution in [2.24, 2.45) is 0 Å². The smallest absolute Gasteiger partial charge is 0.107 e. The van der Waals surface area contributed by atoms with E-state index in [0.717, 1.165) is 0 Å². The largest absolute Gasteiger partial charge is 0.394 e. The van der Waals surface area contributed by atoms with E-state index in [1.165, 1.54) is 5.19 Å². The number of hydrogen-bond donors (Lipinski definition) is 3. The molecule has 0 aliphatic rings. The van der Waals surface area contributed by atoms with E-state index >= 15 is 0 Å². The van der Waals surface area contributed by atoms with Crippen molar-refractivity contribution in [3.8, 4) is 0 Å². The SMILES string of the molecule is C[Si](C)(C)c1ccc(C(O)C(O)CO)cc1. The van der Waals surface area contributed by atoms with Crippen LogP contribution in [-0.2, 0) is 0 Å². The Balaban J connectivity index is 2.87. The summed E-state index contributed by atoms with van der Waals surface area (Å²) < 4.78 is 0. The molecule has 0 spiro atoms. The number of aliphatic hydroxyl groups is 3. The van der Waals surface area contributed by atoms with Crippen molar-refractivity contribution < 1.29 is 15.3 Å². The molecule has 4 heteroatoms. The third-order valence-electron chi connectivity index (χ3n) is 2.67. The Labute approximate surface area is 97.4 Å². The Hall–Kier alpha value is -0.683. The molecule has 90 valence electrons. The number of hydrogen-bond acceptors (Lipinski definition) is 3. The molecule has 2 atom stereocenters. The first kappa shape index (κ1) is 13.4. The summed E-state index contributed by atoms with van der Waals surface area (Å²) in [5.41, 5.74) is 0.642. The molecule has 0 fully saturated rings. The van der Waals surface area contributed by atoms with Gasteiger partial charge < -0.3 is 15.3 Å². The van der Waals surface area contributed by atoms with Gasteiger partial charge in [-0.2, -0.15) is 0 Å². The summed E-state index contributed by atoms with van der Waals surface area (Å²) in [6, 6.07) is 7.62. The highest BCUT2D eigenvalue weighted by Gasteiger charge is 2.19. The fraction of sp³-hybridized carbons (Fsp3) is 0.500. The molecular formula is C12H20O3Si. The lowest BCUT2D eigenvalue weighted by Crippen LogP contribution is -2.37. The second-order valence-electron chi connectivity index (χ2n) is 5.07. The average molecular weight is 240 g/mol. The van der Waals surface area contributed by atoms with E-state index in [4.69, 9.17) is 5.11 Å². The summed E-state index contributed by atoms with van der Waals surface area (Å²) in [6.07, 6.45) is -2.13. The standard InChI is InChI=1S/C12H20O3Si/c1-16(2,3)10-6-4-9(5-7-10)12(15)11(14)8-13/h4-7,11-15H,8H2,1-3H3. The highest BCUT2D eigenvalue weighted by molar-refractivity contribution is 6.88. The molecule has 0 saturated heterocycles. The van der Waals surface area contributed by atoms with Crippen LogP contribution in [-0.4, -0.2) is 36.1 Å². The van der Waals surface area contributed by atoms with Gasteiger partial charge in [0.25, 0.3) is 0 Å². The molecule has 1 rings (SSSR count).